The second kappa shape index (κ2) is 11.4. The number of amides is 1. The molecule has 0 bridgehead atoms. The Kier molecular flexibility index (Phi) is 7.99. The van der Waals surface area contributed by atoms with Crippen LogP contribution in [0.5, 0.6) is 5.75 Å². The van der Waals surface area contributed by atoms with E-state index in [0.29, 0.717) is 60.8 Å². The molecule has 2 fully saturated rings. The van der Waals surface area contributed by atoms with Gasteiger partial charge in [-0.3, -0.25) is 0 Å². The summed E-state index contributed by atoms with van der Waals surface area (Å²) in [5.41, 5.74) is 1.73. The molecule has 1 N–H and O–H groups in total. The minimum Gasteiger partial charge on any atom is -0.491 e. The normalized spacial score (nSPS) is 23.6. The number of halogens is 2. The lowest BCUT2D eigenvalue weighted by atomic mass is 10.1. The van der Waals surface area contributed by atoms with E-state index in [2.05, 4.69) is 9.88 Å². The van der Waals surface area contributed by atoms with E-state index in [1.54, 1.807) is 24.7 Å². The molecule has 3 aromatic rings. The van der Waals surface area contributed by atoms with Crippen molar-refractivity contribution < 1.29 is 24.1 Å². The quantitative estimate of drug-likeness (QED) is 0.409. The number of carboxylic acid groups (broad SMARTS) is 1. The predicted octanol–water partition coefficient (Wildman–Crippen LogP) is 5.12. The van der Waals surface area contributed by atoms with E-state index < -0.39 is 11.9 Å². The van der Waals surface area contributed by atoms with Gasteiger partial charge in [0.25, 0.3) is 0 Å². The van der Waals surface area contributed by atoms with Crippen LogP contribution in [0.4, 0.5) is 10.5 Å². The predicted molar refractivity (Wildman–Crippen MR) is 144 cm³/mol. The van der Waals surface area contributed by atoms with Gasteiger partial charge in [0.15, 0.2) is 0 Å². The van der Waals surface area contributed by atoms with Gasteiger partial charge in [0.05, 0.1) is 30.5 Å². The number of hydrogen-bond donors (Lipinski definition) is 1. The van der Waals surface area contributed by atoms with Crippen molar-refractivity contribution in [3.05, 3.63) is 76.8 Å². The van der Waals surface area contributed by atoms with Crippen LogP contribution in [0.3, 0.4) is 0 Å². The standard InChI is InChI=1S/C27H30Cl2N4O5/c1-2-20-14-32(11-12-33(20)26(34)35)21-4-6-22(7-5-21)36-15-23-16-37-27(38-23,17-31-10-9-30-18-31)24-8-3-19(28)13-25(24)29/h3-10,13,18,20,23H,2,11-12,14-17H2,1H3,(H,34,35). The lowest BCUT2D eigenvalue weighted by Gasteiger charge is -2.40. The smallest absolute Gasteiger partial charge is 0.407 e. The first-order chi connectivity index (χ1) is 18.4. The molecule has 0 saturated carbocycles. The molecule has 9 nitrogen and oxygen atoms in total. The van der Waals surface area contributed by atoms with E-state index in [1.807, 2.05) is 48.0 Å². The first-order valence-corrected chi connectivity index (χ1v) is 13.3. The molecule has 0 aliphatic carbocycles. The maximum absolute atomic E-state index is 11.5. The number of aromatic nitrogens is 2. The Morgan fingerprint density at radius 3 is 2.71 bits per heavy atom. The van der Waals surface area contributed by atoms with Crippen LogP contribution in [0.2, 0.25) is 10.0 Å². The van der Waals surface area contributed by atoms with Crippen molar-refractivity contribution in [1.29, 1.82) is 0 Å². The molecule has 2 aromatic carbocycles. The first-order valence-electron chi connectivity index (χ1n) is 12.6. The molecule has 0 radical (unpaired) electrons. The minimum absolute atomic E-state index is 0.0200. The summed E-state index contributed by atoms with van der Waals surface area (Å²) >= 11 is 12.7. The van der Waals surface area contributed by atoms with Crippen molar-refractivity contribution in [2.75, 3.05) is 37.7 Å². The van der Waals surface area contributed by atoms with Gasteiger partial charge in [0.1, 0.15) is 18.5 Å². The highest BCUT2D eigenvalue weighted by Gasteiger charge is 2.45. The van der Waals surface area contributed by atoms with E-state index in [9.17, 15) is 9.90 Å². The number of nitrogens with zero attached hydrogens (tertiary/aromatic N) is 4. The van der Waals surface area contributed by atoms with Gasteiger partial charge in [-0.15, -0.1) is 0 Å². The largest absolute Gasteiger partial charge is 0.491 e. The molecule has 202 valence electrons. The fraction of sp³-hybridized carbons (Fsp3) is 0.407. The summed E-state index contributed by atoms with van der Waals surface area (Å²) < 4.78 is 20.6. The van der Waals surface area contributed by atoms with Crippen LogP contribution in [0, 0.1) is 0 Å². The second-order valence-electron chi connectivity index (χ2n) is 9.45. The van der Waals surface area contributed by atoms with Crippen LogP contribution >= 0.6 is 23.2 Å². The number of hydrogen-bond acceptors (Lipinski definition) is 6. The number of rotatable bonds is 8. The van der Waals surface area contributed by atoms with E-state index >= 15 is 0 Å². The molecule has 3 atom stereocenters. The summed E-state index contributed by atoms with van der Waals surface area (Å²) in [6.45, 7) is 4.83. The maximum Gasteiger partial charge on any atom is 0.407 e. The van der Waals surface area contributed by atoms with Crippen molar-refractivity contribution in [1.82, 2.24) is 14.5 Å². The zero-order valence-electron chi connectivity index (χ0n) is 21.0. The SMILES string of the molecule is CCC1CN(c2ccc(OCC3COC(Cn4ccnc4)(c4ccc(Cl)cc4Cl)O3)cc2)CCN1C(=O)O. The molecule has 2 aliphatic rings. The monoisotopic (exact) mass is 560 g/mol. The summed E-state index contributed by atoms with van der Waals surface area (Å²) in [5.74, 6) is -0.390. The van der Waals surface area contributed by atoms with Gasteiger partial charge in [0.2, 0.25) is 5.79 Å². The van der Waals surface area contributed by atoms with Crippen molar-refractivity contribution in [2.45, 2.75) is 37.8 Å². The number of imidazole rings is 1. The Morgan fingerprint density at radius 2 is 2.03 bits per heavy atom. The zero-order valence-corrected chi connectivity index (χ0v) is 22.5. The van der Waals surface area contributed by atoms with Gasteiger partial charge in [-0.25, -0.2) is 9.78 Å². The lowest BCUT2D eigenvalue weighted by molar-refractivity contribution is -0.189. The van der Waals surface area contributed by atoms with Crippen LogP contribution in [-0.2, 0) is 21.8 Å². The van der Waals surface area contributed by atoms with Crippen molar-refractivity contribution in [3.63, 3.8) is 0 Å². The lowest BCUT2D eigenvalue weighted by Crippen LogP contribution is -2.54. The third-order valence-electron chi connectivity index (χ3n) is 6.99. The first kappa shape index (κ1) is 26.6. The topological polar surface area (TPSA) is 89.3 Å². The Labute approximate surface area is 231 Å². The Morgan fingerprint density at radius 1 is 1.21 bits per heavy atom. The molecule has 1 amide bonds. The van der Waals surface area contributed by atoms with Gasteiger partial charge in [-0.1, -0.05) is 36.2 Å². The average Bonchev–Trinajstić information content (AvgIpc) is 3.58. The Bertz CT molecular complexity index is 1240. The molecule has 38 heavy (non-hydrogen) atoms. The van der Waals surface area contributed by atoms with Gasteiger partial charge < -0.3 is 33.7 Å². The Balaban J connectivity index is 1.22. The van der Waals surface area contributed by atoms with Crippen LogP contribution in [0.15, 0.2) is 61.2 Å². The van der Waals surface area contributed by atoms with Crippen LogP contribution in [-0.4, -0.2) is 70.6 Å². The molecule has 1 aromatic heterocycles. The van der Waals surface area contributed by atoms with Gasteiger partial charge >= 0.3 is 6.09 Å². The van der Waals surface area contributed by atoms with Crippen molar-refractivity contribution in [2.24, 2.45) is 0 Å². The molecular weight excluding hydrogens is 531 g/mol. The molecule has 3 unspecified atom stereocenters. The summed E-state index contributed by atoms with van der Waals surface area (Å²) in [4.78, 5) is 19.3. The molecule has 2 aliphatic heterocycles. The highest BCUT2D eigenvalue weighted by Crippen LogP contribution is 2.40. The van der Waals surface area contributed by atoms with E-state index in [0.717, 1.165) is 12.1 Å². The van der Waals surface area contributed by atoms with Crippen LogP contribution in [0.25, 0.3) is 0 Å². The summed E-state index contributed by atoms with van der Waals surface area (Å²) in [6, 6.07) is 13.1. The van der Waals surface area contributed by atoms with Gasteiger partial charge in [-0.2, -0.15) is 0 Å². The molecular formula is C27H30Cl2N4O5. The fourth-order valence-electron chi connectivity index (χ4n) is 5.01. The molecule has 5 rings (SSSR count). The Hall–Kier alpha value is -2.98. The number of benzene rings is 2. The van der Waals surface area contributed by atoms with Gasteiger partial charge in [0, 0.05) is 48.3 Å². The van der Waals surface area contributed by atoms with Crippen molar-refractivity contribution >= 4 is 35.0 Å². The summed E-state index contributed by atoms with van der Waals surface area (Å²) in [5, 5.41) is 10.4. The molecule has 11 heteroatoms. The number of anilines is 1. The molecule has 2 saturated heterocycles. The number of piperazine rings is 1. The minimum atomic E-state index is -1.10. The van der Waals surface area contributed by atoms with E-state index in [-0.39, 0.29) is 12.1 Å². The fourth-order valence-corrected chi connectivity index (χ4v) is 5.56. The second-order valence-corrected chi connectivity index (χ2v) is 10.3. The van der Waals surface area contributed by atoms with Crippen molar-refractivity contribution in [3.8, 4) is 5.75 Å². The highest BCUT2D eigenvalue weighted by molar-refractivity contribution is 6.35. The summed E-state index contributed by atoms with van der Waals surface area (Å²) in [7, 11) is 0. The number of carbonyl (C=O) groups is 1. The van der Waals surface area contributed by atoms with Crippen LogP contribution < -0.4 is 9.64 Å². The summed E-state index contributed by atoms with van der Waals surface area (Å²) in [6.07, 6.45) is 4.84. The third-order valence-corrected chi connectivity index (χ3v) is 7.54. The van der Waals surface area contributed by atoms with Crippen LogP contribution in [0.1, 0.15) is 18.9 Å². The molecule has 0 spiro atoms. The third kappa shape index (κ3) is 5.71. The van der Waals surface area contributed by atoms with E-state index in [4.69, 9.17) is 37.4 Å². The highest BCUT2D eigenvalue weighted by atomic mass is 35.5. The average molecular weight is 561 g/mol. The van der Waals surface area contributed by atoms with Gasteiger partial charge in [-0.05, 0) is 42.8 Å². The number of ether oxygens (including phenoxy) is 3. The maximum atomic E-state index is 11.5. The molecule has 3 heterocycles. The zero-order chi connectivity index (χ0) is 26.7. The van der Waals surface area contributed by atoms with E-state index in [1.165, 1.54) is 4.90 Å².